The van der Waals surface area contributed by atoms with Crippen molar-refractivity contribution in [3.8, 4) is 72.4 Å². The Bertz CT molecular complexity index is 3860. The molecule has 0 fully saturated rings. The van der Waals surface area contributed by atoms with Gasteiger partial charge in [0.25, 0.3) is 0 Å². The topological polar surface area (TPSA) is 30.9 Å². The van der Waals surface area contributed by atoms with Crippen LogP contribution >= 0.6 is 0 Å². The molecule has 0 aliphatic carbocycles. The fourth-order valence-electron chi connectivity index (χ4n) is 10.8. The molecule has 0 unspecified atom stereocenters. The summed E-state index contributed by atoms with van der Waals surface area (Å²) in [5.41, 5.74) is 24.8. The van der Waals surface area contributed by atoms with Crippen molar-refractivity contribution in [3.63, 3.8) is 0 Å². The lowest BCUT2D eigenvalue weighted by molar-refractivity contribution is 1.18. The Labute approximate surface area is 395 Å². The summed E-state index contributed by atoms with van der Waals surface area (Å²) in [6.07, 6.45) is 0. The second-order valence-corrected chi connectivity index (χ2v) is 17.8. The molecule has 0 radical (unpaired) electrons. The van der Waals surface area contributed by atoms with E-state index in [4.69, 9.17) is 5.73 Å². The van der Waals surface area contributed by atoms with Gasteiger partial charge in [-0.15, -0.1) is 0 Å². The molecule has 0 saturated carbocycles. The Balaban J connectivity index is 1.02. The minimum absolute atomic E-state index is 0.763. The van der Waals surface area contributed by atoms with Crippen LogP contribution in [0.5, 0.6) is 0 Å². The maximum Gasteiger partial charge on any atom is 0.0541 e. The second kappa shape index (κ2) is 16.2. The largest absolute Gasteiger partial charge is 0.399 e. The number of anilines is 1. The van der Waals surface area contributed by atoms with Crippen LogP contribution in [0.1, 0.15) is 0 Å². The molecule has 0 atom stereocenters. The van der Waals surface area contributed by atoms with Crippen LogP contribution in [0.3, 0.4) is 0 Å². The molecule has 0 spiro atoms. The van der Waals surface area contributed by atoms with E-state index in [1.54, 1.807) is 0 Å². The molecule has 2 heteroatoms. The Hall–Kier alpha value is -8.98. The van der Waals surface area contributed by atoms with Crippen molar-refractivity contribution in [1.82, 2.24) is 4.57 Å². The van der Waals surface area contributed by atoms with E-state index < -0.39 is 0 Å². The van der Waals surface area contributed by atoms with Gasteiger partial charge in [0.15, 0.2) is 0 Å². The standard InChI is InChI=1S/C66H44N2/c67-52-35-29-45(30-36-52)56-25-9-17-47-18-10-26-57(64(47)56)46-31-37-53(38-32-46)68-62-39-33-50(58-27-11-21-48-19-7-23-54(65(48)58)43-13-3-1-4-14-43)41-60(62)61-42-51(34-40-63(61)68)59-28-12-22-49-20-8-24-55(66(49)59)44-15-5-2-6-16-44/h1-42H,67H2. The lowest BCUT2D eigenvalue weighted by Gasteiger charge is -2.15. The number of nitrogen functional groups attached to an aromatic ring is 1. The van der Waals surface area contributed by atoms with Crippen LogP contribution in [0.15, 0.2) is 255 Å². The Morgan fingerprint density at radius 1 is 0.250 bits per heavy atom. The van der Waals surface area contributed by atoms with Crippen LogP contribution in [0.25, 0.3) is 127 Å². The monoisotopic (exact) mass is 864 g/mol. The predicted molar refractivity (Wildman–Crippen MR) is 290 cm³/mol. The third-order valence-electron chi connectivity index (χ3n) is 13.9. The number of fused-ring (bicyclic) bond motifs is 6. The molecule has 0 aliphatic rings. The average Bonchev–Trinajstić information content (AvgIpc) is 3.73. The Kier molecular flexibility index (Phi) is 9.37. The van der Waals surface area contributed by atoms with Gasteiger partial charge < -0.3 is 10.3 Å². The van der Waals surface area contributed by atoms with Crippen molar-refractivity contribution in [2.24, 2.45) is 0 Å². The number of nitrogens with two attached hydrogens (primary N) is 1. The van der Waals surface area contributed by atoms with Crippen molar-refractivity contribution < 1.29 is 0 Å². The summed E-state index contributed by atoms with van der Waals surface area (Å²) in [6, 6.07) is 92.9. The first-order valence-corrected chi connectivity index (χ1v) is 23.4. The maximum atomic E-state index is 6.12. The molecule has 13 rings (SSSR count). The van der Waals surface area contributed by atoms with E-state index >= 15 is 0 Å². The van der Waals surface area contributed by atoms with Crippen LogP contribution in [0.2, 0.25) is 0 Å². The summed E-state index contributed by atoms with van der Waals surface area (Å²) in [6.45, 7) is 0. The minimum Gasteiger partial charge on any atom is -0.399 e. The molecular weight excluding hydrogens is 821 g/mol. The van der Waals surface area contributed by atoms with E-state index in [-0.39, 0.29) is 0 Å². The van der Waals surface area contributed by atoms with Crippen molar-refractivity contribution in [2.45, 2.75) is 0 Å². The number of rotatable bonds is 7. The SMILES string of the molecule is Nc1ccc(-c2cccc3cccc(-c4ccc(-n5c6ccc(-c7cccc8cccc(-c9ccccc9)c78)cc6c6cc(-c7cccc8cccc(-c9ccccc9)c78)ccc65)cc4)c23)cc1. The van der Waals surface area contributed by atoms with Gasteiger partial charge in [-0.2, -0.15) is 0 Å². The number of benzene rings is 12. The van der Waals surface area contributed by atoms with E-state index in [1.165, 1.54) is 104 Å². The minimum atomic E-state index is 0.763. The molecular formula is C66H44N2. The van der Waals surface area contributed by atoms with Gasteiger partial charge in [-0.05, 0) is 148 Å². The number of aromatic nitrogens is 1. The number of nitrogens with zero attached hydrogens (tertiary/aromatic N) is 1. The average molecular weight is 865 g/mol. The Morgan fingerprint density at radius 2 is 0.559 bits per heavy atom. The lowest BCUT2D eigenvalue weighted by atomic mass is 9.90. The van der Waals surface area contributed by atoms with Gasteiger partial charge in [0.05, 0.1) is 11.0 Å². The first-order chi connectivity index (χ1) is 33.6. The van der Waals surface area contributed by atoms with E-state index in [2.05, 4.69) is 247 Å². The first kappa shape index (κ1) is 39.4. The van der Waals surface area contributed by atoms with Crippen LogP contribution in [-0.2, 0) is 0 Å². The van der Waals surface area contributed by atoms with Crippen LogP contribution in [0, 0.1) is 0 Å². The smallest absolute Gasteiger partial charge is 0.0541 e. The van der Waals surface area contributed by atoms with Crippen LogP contribution in [0.4, 0.5) is 5.69 Å². The third-order valence-corrected chi connectivity index (χ3v) is 13.9. The highest BCUT2D eigenvalue weighted by molar-refractivity contribution is 6.15. The van der Waals surface area contributed by atoms with Crippen molar-refractivity contribution in [3.05, 3.63) is 255 Å². The molecule has 2 N–H and O–H groups in total. The van der Waals surface area contributed by atoms with Gasteiger partial charge in [-0.25, -0.2) is 0 Å². The molecule has 0 amide bonds. The lowest BCUT2D eigenvalue weighted by Crippen LogP contribution is -1.94. The quantitative estimate of drug-likeness (QED) is 0.159. The van der Waals surface area contributed by atoms with Crippen molar-refractivity contribution in [2.75, 3.05) is 5.73 Å². The fraction of sp³-hybridized carbons (Fsp3) is 0. The van der Waals surface area contributed by atoms with Crippen LogP contribution in [-0.4, -0.2) is 4.57 Å². The second-order valence-electron chi connectivity index (χ2n) is 17.8. The molecule has 1 heterocycles. The summed E-state index contributed by atoms with van der Waals surface area (Å²) in [7, 11) is 0. The van der Waals surface area contributed by atoms with E-state index in [1.807, 2.05) is 12.1 Å². The van der Waals surface area contributed by atoms with Crippen molar-refractivity contribution >= 4 is 59.8 Å². The fourth-order valence-corrected chi connectivity index (χ4v) is 10.8. The van der Waals surface area contributed by atoms with Gasteiger partial charge in [0.2, 0.25) is 0 Å². The molecule has 318 valence electrons. The van der Waals surface area contributed by atoms with Gasteiger partial charge >= 0.3 is 0 Å². The summed E-state index contributed by atoms with van der Waals surface area (Å²) in [5.74, 6) is 0. The van der Waals surface area contributed by atoms with Gasteiger partial charge in [0, 0.05) is 22.1 Å². The van der Waals surface area contributed by atoms with E-state index in [0.717, 1.165) is 28.0 Å². The van der Waals surface area contributed by atoms with Gasteiger partial charge in [0.1, 0.15) is 0 Å². The number of hydrogen-bond acceptors (Lipinski definition) is 1. The van der Waals surface area contributed by atoms with Crippen LogP contribution < -0.4 is 5.73 Å². The molecule has 12 aromatic carbocycles. The zero-order valence-corrected chi connectivity index (χ0v) is 37.3. The molecule has 68 heavy (non-hydrogen) atoms. The molecule has 0 aliphatic heterocycles. The summed E-state index contributed by atoms with van der Waals surface area (Å²) in [5, 5.41) is 9.84. The van der Waals surface area contributed by atoms with E-state index in [0.29, 0.717) is 0 Å². The third kappa shape index (κ3) is 6.57. The number of hydrogen-bond donors (Lipinski definition) is 1. The van der Waals surface area contributed by atoms with Crippen molar-refractivity contribution in [1.29, 1.82) is 0 Å². The Morgan fingerprint density at radius 3 is 0.926 bits per heavy atom. The molecule has 1 aromatic heterocycles. The summed E-state index contributed by atoms with van der Waals surface area (Å²) >= 11 is 0. The highest BCUT2D eigenvalue weighted by Gasteiger charge is 2.19. The first-order valence-electron chi connectivity index (χ1n) is 23.4. The molecule has 13 aromatic rings. The predicted octanol–water partition coefficient (Wildman–Crippen LogP) is 17.8. The van der Waals surface area contributed by atoms with E-state index in [9.17, 15) is 0 Å². The maximum absolute atomic E-state index is 6.12. The van der Waals surface area contributed by atoms with Gasteiger partial charge in [-0.1, -0.05) is 206 Å². The highest BCUT2D eigenvalue weighted by Crippen LogP contribution is 2.44. The molecule has 0 bridgehead atoms. The molecule has 0 saturated heterocycles. The highest BCUT2D eigenvalue weighted by atomic mass is 15.0. The zero-order valence-electron chi connectivity index (χ0n) is 37.3. The summed E-state index contributed by atoms with van der Waals surface area (Å²) in [4.78, 5) is 0. The molecule has 2 nitrogen and oxygen atoms in total. The normalized spacial score (nSPS) is 11.6. The summed E-state index contributed by atoms with van der Waals surface area (Å²) < 4.78 is 2.45. The zero-order chi connectivity index (χ0) is 45.1. The van der Waals surface area contributed by atoms with Gasteiger partial charge in [-0.3, -0.25) is 0 Å².